The zero-order valence-corrected chi connectivity index (χ0v) is 17.3. The lowest BCUT2D eigenvalue weighted by atomic mass is 10.1. The number of carbonyl (C=O) groups excluding carboxylic acids is 2. The molecule has 154 valence electrons. The van der Waals surface area contributed by atoms with Crippen LogP contribution in [0.2, 0.25) is 0 Å². The van der Waals surface area contributed by atoms with Gasteiger partial charge in [-0.1, -0.05) is 55.3 Å². The molecule has 1 aliphatic carbocycles. The van der Waals surface area contributed by atoms with Crippen molar-refractivity contribution in [3.63, 3.8) is 0 Å². The number of amides is 2. The van der Waals surface area contributed by atoms with E-state index in [0.29, 0.717) is 12.3 Å². The van der Waals surface area contributed by atoms with Crippen molar-refractivity contribution in [1.82, 2.24) is 10.2 Å². The monoisotopic (exact) mass is 394 g/mol. The Morgan fingerprint density at radius 1 is 1.07 bits per heavy atom. The van der Waals surface area contributed by atoms with Crippen LogP contribution in [0.15, 0.2) is 54.6 Å². The molecule has 5 heteroatoms. The number of rotatable bonds is 8. The average molecular weight is 395 g/mol. The first-order valence-corrected chi connectivity index (χ1v) is 10.4. The van der Waals surface area contributed by atoms with E-state index in [1.54, 1.807) is 11.8 Å². The molecule has 1 N–H and O–H groups in total. The third-order valence-electron chi connectivity index (χ3n) is 5.58. The van der Waals surface area contributed by atoms with Gasteiger partial charge in [-0.15, -0.1) is 0 Å². The Bertz CT molecular complexity index is 816. The fourth-order valence-corrected chi connectivity index (χ4v) is 3.69. The minimum absolute atomic E-state index is 0.0986. The number of ether oxygens (including phenoxy) is 1. The van der Waals surface area contributed by atoms with Crippen molar-refractivity contribution in [1.29, 1.82) is 0 Å². The molecule has 0 unspecified atom stereocenters. The number of para-hydroxylation sites is 1. The molecule has 0 radical (unpaired) electrons. The highest BCUT2D eigenvalue weighted by atomic mass is 16.5. The summed E-state index contributed by atoms with van der Waals surface area (Å²) >= 11 is 0. The third kappa shape index (κ3) is 5.83. The highest BCUT2D eigenvalue weighted by molar-refractivity contribution is 5.88. The molecular weight excluding hydrogens is 364 g/mol. The lowest BCUT2D eigenvalue weighted by Crippen LogP contribution is -2.50. The molecule has 0 aliphatic heterocycles. The number of carbonyl (C=O) groups is 2. The first-order valence-electron chi connectivity index (χ1n) is 10.4. The second-order valence-electron chi connectivity index (χ2n) is 7.72. The van der Waals surface area contributed by atoms with Gasteiger partial charge in [0.15, 0.2) is 6.61 Å². The summed E-state index contributed by atoms with van der Waals surface area (Å²) in [4.78, 5) is 27.5. The molecule has 0 saturated heterocycles. The number of benzene rings is 2. The van der Waals surface area contributed by atoms with E-state index in [2.05, 4.69) is 5.32 Å². The van der Waals surface area contributed by atoms with Crippen LogP contribution in [0.3, 0.4) is 0 Å². The largest absolute Gasteiger partial charge is 0.484 e. The van der Waals surface area contributed by atoms with Crippen molar-refractivity contribution in [2.75, 3.05) is 6.61 Å². The van der Waals surface area contributed by atoms with Crippen LogP contribution in [-0.2, 0) is 16.1 Å². The van der Waals surface area contributed by atoms with E-state index in [4.69, 9.17) is 4.74 Å². The lowest BCUT2D eigenvalue weighted by Gasteiger charge is -2.30. The van der Waals surface area contributed by atoms with Crippen LogP contribution in [-0.4, -0.2) is 35.4 Å². The van der Waals surface area contributed by atoms with E-state index in [9.17, 15) is 9.59 Å². The van der Waals surface area contributed by atoms with Crippen LogP contribution >= 0.6 is 0 Å². The summed E-state index contributed by atoms with van der Waals surface area (Å²) in [6.45, 7) is 4.09. The van der Waals surface area contributed by atoms with Gasteiger partial charge in [0.2, 0.25) is 5.91 Å². The molecule has 1 atom stereocenters. The molecule has 29 heavy (non-hydrogen) atoms. The topological polar surface area (TPSA) is 58.6 Å². The Labute approximate surface area is 173 Å². The molecule has 1 saturated carbocycles. The second-order valence-corrected chi connectivity index (χ2v) is 7.72. The summed E-state index contributed by atoms with van der Waals surface area (Å²) in [5.41, 5.74) is 2.12. The fraction of sp³-hybridized carbons (Fsp3) is 0.417. The Hall–Kier alpha value is -2.82. The van der Waals surface area contributed by atoms with Gasteiger partial charge in [0.05, 0.1) is 0 Å². The molecule has 0 aromatic heterocycles. The van der Waals surface area contributed by atoms with Crippen molar-refractivity contribution in [2.24, 2.45) is 0 Å². The fourth-order valence-electron chi connectivity index (χ4n) is 3.69. The molecule has 0 spiro atoms. The maximum absolute atomic E-state index is 13.0. The summed E-state index contributed by atoms with van der Waals surface area (Å²) in [5.74, 6) is 0.337. The van der Waals surface area contributed by atoms with E-state index in [0.717, 1.165) is 36.8 Å². The van der Waals surface area contributed by atoms with Gasteiger partial charge < -0.3 is 15.0 Å². The normalized spacial score (nSPS) is 15.0. The van der Waals surface area contributed by atoms with Crippen molar-refractivity contribution in [2.45, 2.75) is 58.2 Å². The first kappa shape index (κ1) is 20.9. The van der Waals surface area contributed by atoms with Gasteiger partial charge in [-0.2, -0.15) is 0 Å². The second kappa shape index (κ2) is 10.1. The lowest BCUT2D eigenvalue weighted by molar-refractivity contribution is -0.142. The number of nitrogens with one attached hydrogen (secondary N) is 1. The number of nitrogens with zero attached hydrogens (tertiary/aromatic N) is 1. The van der Waals surface area contributed by atoms with Gasteiger partial charge >= 0.3 is 0 Å². The van der Waals surface area contributed by atoms with Crippen LogP contribution in [0.5, 0.6) is 5.75 Å². The van der Waals surface area contributed by atoms with E-state index in [1.807, 2.05) is 61.5 Å². The molecule has 0 bridgehead atoms. The Morgan fingerprint density at radius 2 is 1.72 bits per heavy atom. The van der Waals surface area contributed by atoms with Crippen molar-refractivity contribution in [3.8, 4) is 5.75 Å². The Morgan fingerprint density at radius 3 is 2.41 bits per heavy atom. The molecular formula is C24H30N2O3. The van der Waals surface area contributed by atoms with Gasteiger partial charge in [0, 0.05) is 12.6 Å². The van der Waals surface area contributed by atoms with Gasteiger partial charge in [-0.3, -0.25) is 9.59 Å². The van der Waals surface area contributed by atoms with Crippen LogP contribution in [0, 0.1) is 6.92 Å². The van der Waals surface area contributed by atoms with Gasteiger partial charge in [0.1, 0.15) is 11.8 Å². The van der Waals surface area contributed by atoms with Crippen molar-refractivity contribution >= 4 is 11.8 Å². The summed E-state index contributed by atoms with van der Waals surface area (Å²) < 4.78 is 5.66. The molecule has 2 aromatic carbocycles. The first-order chi connectivity index (χ1) is 14.0. The van der Waals surface area contributed by atoms with Gasteiger partial charge in [-0.05, 0) is 49.9 Å². The smallest absolute Gasteiger partial charge is 0.261 e. The Kier molecular flexibility index (Phi) is 7.28. The standard InChI is InChI=1S/C24H30N2O3/c1-18-10-6-7-11-20(18)16-26(19(2)24(28)25-21-12-8-9-13-21)23(27)17-29-22-14-4-3-5-15-22/h3-7,10-11,14-15,19,21H,8-9,12-13,16-17H2,1-2H3,(H,25,28)/t19-/m1/s1. The predicted octanol–water partition coefficient (Wildman–Crippen LogP) is 3.85. The van der Waals surface area contributed by atoms with Gasteiger partial charge in [0.25, 0.3) is 5.91 Å². The quantitative estimate of drug-likeness (QED) is 0.740. The van der Waals surface area contributed by atoms with Crippen LogP contribution in [0.4, 0.5) is 0 Å². The van der Waals surface area contributed by atoms with E-state index < -0.39 is 6.04 Å². The summed E-state index contributed by atoms with van der Waals surface area (Å²) in [5, 5.41) is 3.11. The predicted molar refractivity (Wildman–Crippen MR) is 114 cm³/mol. The summed E-state index contributed by atoms with van der Waals surface area (Å²) in [6.07, 6.45) is 4.33. The average Bonchev–Trinajstić information content (AvgIpc) is 3.24. The van der Waals surface area contributed by atoms with Crippen molar-refractivity contribution < 1.29 is 14.3 Å². The summed E-state index contributed by atoms with van der Waals surface area (Å²) in [6, 6.07) is 16.8. The molecule has 1 aliphatic rings. The van der Waals surface area contributed by atoms with E-state index in [1.165, 1.54) is 0 Å². The zero-order valence-electron chi connectivity index (χ0n) is 17.3. The zero-order chi connectivity index (χ0) is 20.6. The van der Waals surface area contributed by atoms with E-state index in [-0.39, 0.29) is 24.5 Å². The number of hydrogen-bond donors (Lipinski definition) is 1. The summed E-state index contributed by atoms with van der Waals surface area (Å²) in [7, 11) is 0. The van der Waals surface area contributed by atoms with Crippen LogP contribution in [0.25, 0.3) is 0 Å². The number of aryl methyl sites for hydroxylation is 1. The van der Waals surface area contributed by atoms with Crippen molar-refractivity contribution in [3.05, 3.63) is 65.7 Å². The van der Waals surface area contributed by atoms with Crippen LogP contribution < -0.4 is 10.1 Å². The molecule has 0 heterocycles. The van der Waals surface area contributed by atoms with Gasteiger partial charge in [-0.25, -0.2) is 0 Å². The minimum atomic E-state index is -0.568. The maximum atomic E-state index is 13.0. The highest BCUT2D eigenvalue weighted by Gasteiger charge is 2.29. The molecule has 1 fully saturated rings. The third-order valence-corrected chi connectivity index (χ3v) is 5.58. The molecule has 3 rings (SSSR count). The Balaban J connectivity index is 1.71. The minimum Gasteiger partial charge on any atom is -0.484 e. The van der Waals surface area contributed by atoms with Crippen LogP contribution in [0.1, 0.15) is 43.7 Å². The highest BCUT2D eigenvalue weighted by Crippen LogP contribution is 2.19. The molecule has 2 aromatic rings. The van der Waals surface area contributed by atoms with E-state index >= 15 is 0 Å². The maximum Gasteiger partial charge on any atom is 0.261 e. The number of hydrogen-bond acceptors (Lipinski definition) is 3. The molecule has 2 amide bonds. The molecule has 5 nitrogen and oxygen atoms in total. The SMILES string of the molecule is Cc1ccccc1CN(C(=O)COc1ccccc1)[C@H](C)C(=O)NC1CCCC1.